The van der Waals surface area contributed by atoms with Gasteiger partial charge >= 0.3 is 0 Å². The van der Waals surface area contributed by atoms with Crippen molar-refractivity contribution in [2.24, 2.45) is 4.99 Å². The second kappa shape index (κ2) is 4.59. The lowest BCUT2D eigenvalue weighted by molar-refractivity contribution is 0.684. The predicted octanol–water partition coefficient (Wildman–Crippen LogP) is 3.50. The molecule has 1 aliphatic heterocycles. The quantitative estimate of drug-likeness (QED) is 0.572. The second-order valence-electron chi connectivity index (χ2n) is 4.19. The van der Waals surface area contributed by atoms with Gasteiger partial charge in [-0.05, 0) is 44.9 Å². The third kappa shape index (κ3) is 2.68. The molecule has 0 aromatic heterocycles. The van der Waals surface area contributed by atoms with Crippen LogP contribution in [0.2, 0.25) is 0 Å². The van der Waals surface area contributed by atoms with Crippen LogP contribution in [0.15, 0.2) is 16.6 Å². The van der Waals surface area contributed by atoms with Crippen LogP contribution < -0.4 is 0 Å². The van der Waals surface area contributed by atoms with Gasteiger partial charge in [0.05, 0.1) is 0 Å². The van der Waals surface area contributed by atoms with Gasteiger partial charge in [-0.1, -0.05) is 11.6 Å². The Labute approximate surface area is 80.9 Å². The maximum absolute atomic E-state index is 4.60. The SMILES string of the molecule is C1=C(CC2=NCCCC2)CCCC1. The van der Waals surface area contributed by atoms with Crippen molar-refractivity contribution in [1.82, 2.24) is 0 Å². The van der Waals surface area contributed by atoms with Crippen molar-refractivity contribution >= 4 is 5.71 Å². The molecule has 0 atom stereocenters. The molecular formula is C12H19N. The lowest BCUT2D eigenvalue weighted by atomic mass is 9.93. The normalized spacial score (nSPS) is 23.7. The zero-order valence-corrected chi connectivity index (χ0v) is 8.39. The Morgan fingerprint density at radius 2 is 2.00 bits per heavy atom. The van der Waals surface area contributed by atoms with Crippen LogP contribution in [0, 0.1) is 0 Å². The van der Waals surface area contributed by atoms with E-state index in [1.54, 1.807) is 5.57 Å². The van der Waals surface area contributed by atoms with E-state index in [0.29, 0.717) is 0 Å². The van der Waals surface area contributed by atoms with Gasteiger partial charge in [0.15, 0.2) is 0 Å². The van der Waals surface area contributed by atoms with Crippen LogP contribution in [-0.2, 0) is 0 Å². The third-order valence-electron chi connectivity index (χ3n) is 3.03. The molecule has 0 aromatic carbocycles. The first-order valence-corrected chi connectivity index (χ1v) is 5.65. The van der Waals surface area contributed by atoms with E-state index in [1.165, 1.54) is 57.1 Å². The van der Waals surface area contributed by atoms with Gasteiger partial charge in [-0.25, -0.2) is 0 Å². The second-order valence-corrected chi connectivity index (χ2v) is 4.19. The van der Waals surface area contributed by atoms with Crippen molar-refractivity contribution in [3.8, 4) is 0 Å². The molecule has 2 rings (SSSR count). The fraction of sp³-hybridized carbons (Fsp3) is 0.750. The number of hydrogen-bond acceptors (Lipinski definition) is 1. The van der Waals surface area contributed by atoms with Crippen LogP contribution in [-0.4, -0.2) is 12.3 Å². The summed E-state index contributed by atoms with van der Waals surface area (Å²) in [6.07, 6.45) is 13.0. The lowest BCUT2D eigenvalue weighted by Gasteiger charge is -2.16. The molecule has 1 heterocycles. The highest BCUT2D eigenvalue weighted by atomic mass is 14.7. The third-order valence-corrected chi connectivity index (χ3v) is 3.03. The molecule has 0 unspecified atom stereocenters. The monoisotopic (exact) mass is 177 g/mol. The van der Waals surface area contributed by atoms with E-state index in [2.05, 4.69) is 11.1 Å². The summed E-state index contributed by atoms with van der Waals surface area (Å²) in [6, 6.07) is 0. The van der Waals surface area contributed by atoms with E-state index >= 15 is 0 Å². The molecule has 1 aliphatic carbocycles. The van der Waals surface area contributed by atoms with Gasteiger partial charge in [-0.15, -0.1) is 0 Å². The topological polar surface area (TPSA) is 12.4 Å². The first-order valence-electron chi connectivity index (χ1n) is 5.65. The van der Waals surface area contributed by atoms with Gasteiger partial charge in [0.1, 0.15) is 0 Å². The lowest BCUT2D eigenvalue weighted by Crippen LogP contribution is -2.08. The predicted molar refractivity (Wildman–Crippen MR) is 57.3 cm³/mol. The molecule has 72 valence electrons. The Kier molecular flexibility index (Phi) is 3.17. The average molecular weight is 177 g/mol. The number of rotatable bonds is 2. The van der Waals surface area contributed by atoms with Crippen molar-refractivity contribution in [2.75, 3.05) is 6.54 Å². The Morgan fingerprint density at radius 1 is 1.08 bits per heavy atom. The number of allylic oxidation sites excluding steroid dienone is 2. The zero-order chi connectivity index (χ0) is 8.93. The van der Waals surface area contributed by atoms with E-state index in [1.807, 2.05) is 0 Å². The van der Waals surface area contributed by atoms with Gasteiger partial charge in [0.25, 0.3) is 0 Å². The van der Waals surface area contributed by atoms with E-state index in [9.17, 15) is 0 Å². The maximum Gasteiger partial charge on any atom is 0.0388 e. The zero-order valence-electron chi connectivity index (χ0n) is 8.39. The molecule has 13 heavy (non-hydrogen) atoms. The first kappa shape index (κ1) is 8.98. The summed E-state index contributed by atoms with van der Waals surface area (Å²) in [4.78, 5) is 4.60. The molecule has 2 aliphatic rings. The van der Waals surface area contributed by atoms with Gasteiger partial charge in [0.2, 0.25) is 0 Å². The molecule has 0 fully saturated rings. The van der Waals surface area contributed by atoms with Crippen LogP contribution in [0.3, 0.4) is 0 Å². The van der Waals surface area contributed by atoms with Gasteiger partial charge < -0.3 is 0 Å². The fourth-order valence-electron chi connectivity index (χ4n) is 2.23. The minimum atomic E-state index is 1.09. The number of nitrogens with zero attached hydrogens (tertiary/aromatic N) is 1. The highest BCUT2D eigenvalue weighted by Crippen LogP contribution is 2.22. The fourth-order valence-corrected chi connectivity index (χ4v) is 2.23. The minimum absolute atomic E-state index is 1.09. The van der Waals surface area contributed by atoms with E-state index < -0.39 is 0 Å². The summed E-state index contributed by atoms with van der Waals surface area (Å²) in [5.41, 5.74) is 3.13. The molecule has 0 radical (unpaired) electrons. The summed E-state index contributed by atoms with van der Waals surface area (Å²) in [6.45, 7) is 1.09. The maximum atomic E-state index is 4.60. The smallest absolute Gasteiger partial charge is 0.0388 e. The van der Waals surface area contributed by atoms with Crippen molar-refractivity contribution in [2.45, 2.75) is 51.4 Å². The number of aliphatic imine (C=N–C) groups is 1. The highest BCUT2D eigenvalue weighted by molar-refractivity contribution is 5.87. The molecule has 0 bridgehead atoms. The van der Waals surface area contributed by atoms with Crippen molar-refractivity contribution in [3.63, 3.8) is 0 Å². The Balaban J connectivity index is 1.88. The molecule has 1 heteroatoms. The van der Waals surface area contributed by atoms with Crippen molar-refractivity contribution < 1.29 is 0 Å². The largest absolute Gasteiger partial charge is 0.294 e. The summed E-state index contributed by atoms with van der Waals surface area (Å²) in [5.74, 6) is 0. The van der Waals surface area contributed by atoms with E-state index in [-0.39, 0.29) is 0 Å². The molecule has 0 aromatic rings. The van der Waals surface area contributed by atoms with Crippen molar-refractivity contribution in [1.29, 1.82) is 0 Å². The summed E-state index contributed by atoms with van der Waals surface area (Å²) in [5, 5.41) is 0. The highest BCUT2D eigenvalue weighted by Gasteiger charge is 2.09. The van der Waals surface area contributed by atoms with E-state index in [0.717, 1.165) is 6.54 Å². The van der Waals surface area contributed by atoms with Crippen LogP contribution in [0.1, 0.15) is 51.4 Å². The molecule has 0 spiro atoms. The summed E-state index contributed by atoms with van der Waals surface area (Å²) >= 11 is 0. The van der Waals surface area contributed by atoms with Gasteiger partial charge in [-0.3, -0.25) is 4.99 Å². The average Bonchev–Trinajstić information content (AvgIpc) is 2.21. The Hall–Kier alpha value is -0.590. The van der Waals surface area contributed by atoms with Crippen LogP contribution in [0.25, 0.3) is 0 Å². The summed E-state index contributed by atoms with van der Waals surface area (Å²) in [7, 11) is 0. The molecule has 0 saturated heterocycles. The Bertz CT molecular complexity index is 201. The molecular weight excluding hydrogens is 158 g/mol. The van der Waals surface area contributed by atoms with Crippen LogP contribution in [0.4, 0.5) is 0 Å². The van der Waals surface area contributed by atoms with Crippen LogP contribution >= 0.6 is 0 Å². The summed E-state index contributed by atoms with van der Waals surface area (Å²) < 4.78 is 0. The van der Waals surface area contributed by atoms with Crippen LogP contribution in [0.5, 0.6) is 0 Å². The van der Waals surface area contributed by atoms with Gasteiger partial charge in [-0.2, -0.15) is 0 Å². The Morgan fingerprint density at radius 3 is 2.69 bits per heavy atom. The molecule has 0 N–H and O–H groups in total. The van der Waals surface area contributed by atoms with Crippen molar-refractivity contribution in [3.05, 3.63) is 11.6 Å². The molecule has 0 saturated carbocycles. The van der Waals surface area contributed by atoms with Gasteiger partial charge in [0, 0.05) is 18.7 Å². The standard InChI is InChI=1S/C12H19N/c1-2-6-11(7-3-1)10-12-8-4-5-9-13-12/h6H,1-5,7-10H2. The first-order chi connectivity index (χ1) is 6.45. The molecule has 1 nitrogen and oxygen atoms in total. The minimum Gasteiger partial charge on any atom is -0.294 e. The van der Waals surface area contributed by atoms with E-state index in [4.69, 9.17) is 0 Å². The number of hydrogen-bond donors (Lipinski definition) is 0. The molecule has 0 amide bonds.